The third kappa shape index (κ3) is 9.28. The van der Waals surface area contributed by atoms with Gasteiger partial charge in [-0.3, -0.25) is 0 Å². The molecule has 32 heteroatoms. The molecule has 0 aliphatic rings. The molecular weight excluding hydrogens is 926 g/mol. The van der Waals surface area contributed by atoms with Crippen LogP contribution in [0.15, 0.2) is 27.4 Å². The van der Waals surface area contributed by atoms with Gasteiger partial charge in [0.05, 0.1) is 24.8 Å². The van der Waals surface area contributed by atoms with E-state index in [-0.39, 0.29) is 12.1 Å². The predicted octanol–water partition coefficient (Wildman–Crippen LogP) is 11.7. The molecule has 0 atom stereocenters. The number of carbonyl (C=O) groups excluding carboxylic acids is 1. The van der Waals surface area contributed by atoms with Crippen molar-refractivity contribution < 1.29 is 138 Å². The maximum Gasteiger partial charge on any atom is 0.460 e. The standard InChI is InChI=1S/C28H16F26O6/c1-2-57-15(55)12-9-11-13(58-16(12)56)7-10(59-19(33,34)5-3-17(29,30)21(37,38)23(41,42)25(45,46)27(49,50)51)8-14(11)60-20(35,36)6-4-18(31,32)22(39,40)24(43,44)26(47,48)28(52,53)54/h7-9H,2-6H2,1H3. The molecule has 0 spiro atoms. The molecule has 60 heavy (non-hydrogen) atoms. The summed E-state index contributed by atoms with van der Waals surface area (Å²) in [7, 11) is 0. The molecule has 2 rings (SSSR count). The minimum Gasteiger partial charge on any atom is -0.462 e. The molecule has 0 fully saturated rings. The van der Waals surface area contributed by atoms with Gasteiger partial charge in [0.1, 0.15) is 22.6 Å². The lowest BCUT2D eigenvalue weighted by Crippen LogP contribution is -2.66. The molecule has 0 aliphatic heterocycles. The number of carbonyl (C=O) groups is 1. The van der Waals surface area contributed by atoms with Gasteiger partial charge in [-0.25, -0.2) is 9.59 Å². The number of alkyl halides is 26. The van der Waals surface area contributed by atoms with E-state index in [1.165, 1.54) is 0 Å². The zero-order valence-corrected chi connectivity index (χ0v) is 28.0. The van der Waals surface area contributed by atoms with E-state index in [0.717, 1.165) is 6.92 Å². The van der Waals surface area contributed by atoms with Crippen LogP contribution in [0.5, 0.6) is 11.5 Å². The van der Waals surface area contributed by atoms with Gasteiger partial charge >= 0.3 is 83.5 Å². The van der Waals surface area contributed by atoms with E-state index in [1.54, 1.807) is 0 Å². The van der Waals surface area contributed by atoms with Gasteiger partial charge in [-0.2, -0.15) is 114 Å². The maximum absolute atomic E-state index is 14.8. The van der Waals surface area contributed by atoms with Crippen molar-refractivity contribution >= 4 is 16.9 Å². The smallest absolute Gasteiger partial charge is 0.460 e. The summed E-state index contributed by atoms with van der Waals surface area (Å²) in [6, 6.07) is -0.462. The number of hydrogen-bond acceptors (Lipinski definition) is 6. The van der Waals surface area contributed by atoms with Crippen molar-refractivity contribution in [3.63, 3.8) is 0 Å². The van der Waals surface area contributed by atoms with Crippen LogP contribution in [0.2, 0.25) is 0 Å². The van der Waals surface area contributed by atoms with E-state index in [0.29, 0.717) is 0 Å². The molecule has 6 nitrogen and oxygen atoms in total. The molecule has 0 amide bonds. The Balaban J connectivity index is 2.60. The van der Waals surface area contributed by atoms with Crippen molar-refractivity contribution in [2.45, 2.75) is 105 Å². The van der Waals surface area contributed by atoms with Gasteiger partial charge in [-0.1, -0.05) is 0 Å². The van der Waals surface area contributed by atoms with E-state index in [2.05, 4.69) is 18.6 Å². The molecule has 2 aromatic rings. The number of fused-ring (bicyclic) bond motifs is 1. The normalized spacial score (nSPS) is 15.1. The van der Waals surface area contributed by atoms with E-state index >= 15 is 0 Å². The van der Waals surface area contributed by atoms with Crippen molar-refractivity contribution in [3.8, 4) is 11.5 Å². The lowest BCUT2D eigenvalue weighted by atomic mass is 9.95. The van der Waals surface area contributed by atoms with Crippen LogP contribution < -0.4 is 15.1 Å². The molecule has 0 aliphatic carbocycles. The molecule has 0 bridgehead atoms. The highest BCUT2D eigenvalue weighted by Gasteiger charge is 2.88. The summed E-state index contributed by atoms with van der Waals surface area (Å²) in [5, 5.41) is -1.35. The Morgan fingerprint density at radius 1 is 0.517 bits per heavy atom. The Morgan fingerprint density at radius 2 is 0.900 bits per heavy atom. The molecule has 1 aromatic heterocycles. The lowest BCUT2D eigenvalue weighted by Gasteiger charge is -2.37. The topological polar surface area (TPSA) is 75.0 Å². The SMILES string of the molecule is CCOC(=O)c1cc2c(OC(F)(F)CCC(F)(F)C(F)(F)C(F)(F)C(F)(F)C(F)(F)F)cc(OC(F)(F)CCC(F)(F)C(F)(F)C(F)(F)C(F)(F)C(F)(F)F)cc2oc1=O. The largest absolute Gasteiger partial charge is 0.462 e. The number of ether oxygens (including phenoxy) is 3. The van der Waals surface area contributed by atoms with Gasteiger partial charge < -0.3 is 18.6 Å². The molecule has 0 unspecified atom stereocenters. The first-order valence-electron chi connectivity index (χ1n) is 14.9. The molecule has 0 saturated carbocycles. The van der Waals surface area contributed by atoms with Crippen LogP contribution in [0.25, 0.3) is 11.0 Å². The zero-order valence-electron chi connectivity index (χ0n) is 28.0. The molecule has 346 valence electrons. The van der Waals surface area contributed by atoms with Crippen molar-refractivity contribution in [2.24, 2.45) is 0 Å². The molecule has 0 saturated heterocycles. The van der Waals surface area contributed by atoms with Crippen LogP contribution in [0.4, 0.5) is 114 Å². The Morgan fingerprint density at radius 3 is 1.27 bits per heavy atom. The number of halogens is 26. The van der Waals surface area contributed by atoms with Gasteiger partial charge in [0.2, 0.25) is 0 Å². The third-order valence-corrected chi connectivity index (χ3v) is 7.48. The first-order chi connectivity index (χ1) is 26.3. The summed E-state index contributed by atoms with van der Waals surface area (Å²) >= 11 is 0. The quantitative estimate of drug-likeness (QED) is 0.0842. The van der Waals surface area contributed by atoms with Crippen LogP contribution in [-0.2, 0) is 4.74 Å². The van der Waals surface area contributed by atoms with E-state index in [4.69, 9.17) is 0 Å². The molecule has 1 heterocycles. The predicted molar refractivity (Wildman–Crippen MR) is 140 cm³/mol. The molecular formula is C28H16F26O6. The Kier molecular flexibility index (Phi) is 13.4. The van der Waals surface area contributed by atoms with Crippen molar-refractivity contribution in [1.29, 1.82) is 0 Å². The molecule has 1 aromatic carbocycles. The molecule has 0 radical (unpaired) electrons. The Hall–Kier alpha value is -4.32. The fourth-order valence-corrected chi connectivity index (χ4v) is 4.22. The average molecular weight is 942 g/mol. The van der Waals surface area contributed by atoms with Crippen LogP contribution in [-0.4, -0.2) is 84.5 Å². The summed E-state index contributed by atoms with van der Waals surface area (Å²) in [5.41, 5.74) is -4.75. The van der Waals surface area contributed by atoms with Crippen LogP contribution in [0.1, 0.15) is 43.0 Å². The number of esters is 1. The van der Waals surface area contributed by atoms with Gasteiger partial charge in [0.25, 0.3) is 0 Å². The second kappa shape index (κ2) is 15.5. The highest BCUT2D eigenvalue weighted by molar-refractivity contribution is 5.95. The monoisotopic (exact) mass is 942 g/mol. The van der Waals surface area contributed by atoms with Crippen molar-refractivity contribution in [3.05, 3.63) is 34.2 Å². The summed E-state index contributed by atoms with van der Waals surface area (Å²) in [6.45, 7) is 0.499. The first-order valence-corrected chi connectivity index (χ1v) is 14.9. The number of hydrogen-bond donors (Lipinski definition) is 0. The fourth-order valence-electron chi connectivity index (χ4n) is 4.22. The van der Waals surface area contributed by atoms with E-state index in [9.17, 15) is 124 Å². The highest BCUT2D eigenvalue weighted by Crippen LogP contribution is 2.60. The van der Waals surface area contributed by atoms with Crippen LogP contribution >= 0.6 is 0 Å². The van der Waals surface area contributed by atoms with Gasteiger partial charge in [-0.05, 0) is 13.0 Å². The lowest BCUT2D eigenvalue weighted by molar-refractivity contribution is -0.423. The highest BCUT2D eigenvalue weighted by atomic mass is 19.4. The number of rotatable bonds is 18. The average Bonchev–Trinajstić information content (AvgIpc) is 3.04. The third-order valence-electron chi connectivity index (χ3n) is 7.48. The second-order valence-electron chi connectivity index (χ2n) is 11.8. The number of benzene rings is 1. The van der Waals surface area contributed by atoms with Crippen molar-refractivity contribution in [1.82, 2.24) is 0 Å². The van der Waals surface area contributed by atoms with E-state index in [1.807, 2.05) is 0 Å². The summed E-state index contributed by atoms with van der Waals surface area (Å²) in [6.07, 6.45) is -39.8. The summed E-state index contributed by atoms with van der Waals surface area (Å²) < 4.78 is 367. The summed E-state index contributed by atoms with van der Waals surface area (Å²) in [5.74, 6) is -67.2. The maximum atomic E-state index is 14.8. The van der Waals surface area contributed by atoms with Gasteiger partial charge in [0.15, 0.2) is 0 Å². The fraction of sp³-hybridized carbons (Fsp3) is 0.643. The second-order valence-corrected chi connectivity index (χ2v) is 11.8. The van der Waals surface area contributed by atoms with E-state index < -0.39 is 150 Å². The van der Waals surface area contributed by atoms with Crippen LogP contribution in [0.3, 0.4) is 0 Å². The minimum atomic E-state index is -8.07. The van der Waals surface area contributed by atoms with Gasteiger partial charge in [-0.15, -0.1) is 0 Å². The van der Waals surface area contributed by atoms with Crippen LogP contribution in [0, 0.1) is 0 Å². The van der Waals surface area contributed by atoms with Gasteiger partial charge in [0, 0.05) is 25.0 Å². The minimum absolute atomic E-state index is 0.0779. The zero-order chi connectivity index (χ0) is 47.5. The summed E-state index contributed by atoms with van der Waals surface area (Å²) in [4.78, 5) is 24.3. The Labute approximate surface area is 312 Å². The molecule has 0 N–H and O–H groups in total. The Bertz CT molecular complexity index is 1930. The first kappa shape index (κ1) is 51.8. The van der Waals surface area contributed by atoms with Crippen molar-refractivity contribution in [2.75, 3.05) is 6.61 Å².